The van der Waals surface area contributed by atoms with Gasteiger partial charge in [-0.2, -0.15) is 0 Å². The van der Waals surface area contributed by atoms with Gasteiger partial charge in [0.25, 0.3) is 0 Å². The van der Waals surface area contributed by atoms with Gasteiger partial charge in [0, 0.05) is 17.5 Å². The molecule has 0 aromatic heterocycles. The maximum absolute atomic E-state index is 12.1. The third kappa shape index (κ3) is 5.05. The van der Waals surface area contributed by atoms with E-state index in [1.165, 1.54) is 57.4 Å². The molecule has 4 aliphatic rings. The van der Waals surface area contributed by atoms with E-state index in [9.17, 15) is 4.79 Å². The van der Waals surface area contributed by atoms with Crippen molar-refractivity contribution in [2.75, 3.05) is 0 Å². The molecule has 34 heavy (non-hydrogen) atoms. The largest absolute Gasteiger partial charge is 0.459 e. The van der Waals surface area contributed by atoms with Gasteiger partial charge >= 0.3 is 5.97 Å². The molecule has 0 bridgehead atoms. The van der Waals surface area contributed by atoms with Gasteiger partial charge in [-0.3, -0.25) is 0 Å². The first-order valence-electron chi connectivity index (χ1n) is 14.3. The monoisotopic (exact) mass is 488 g/mol. The molecule has 8 atom stereocenters. The third-order valence-electron chi connectivity index (χ3n) is 10.9. The van der Waals surface area contributed by atoms with Crippen LogP contribution in [0.5, 0.6) is 0 Å². The average molecular weight is 489 g/mol. The van der Waals surface area contributed by atoms with Crippen molar-refractivity contribution in [3.8, 4) is 0 Å². The minimum atomic E-state index is -0.289. The van der Waals surface area contributed by atoms with Crippen LogP contribution >= 0.6 is 11.6 Å². The van der Waals surface area contributed by atoms with Crippen LogP contribution in [0, 0.1) is 46.3 Å². The lowest BCUT2D eigenvalue weighted by Gasteiger charge is -2.58. The number of carbonyl (C=O) groups is 1. The Morgan fingerprint density at radius 2 is 1.88 bits per heavy atom. The lowest BCUT2D eigenvalue weighted by molar-refractivity contribution is -0.145. The summed E-state index contributed by atoms with van der Waals surface area (Å²) in [5, 5.41) is 0.486. The van der Waals surface area contributed by atoms with E-state index < -0.39 is 0 Å². The SMILES string of the molecule is C/C(Cl)=C\C(=O)O[C@H]1CC[C@@]2(C)C(=CC[C@H]3[C@H]4CC[C@H]([C@H](C)CCCC(C)C)[C@@]4(C)CC[C@@H]32)C1. The highest BCUT2D eigenvalue weighted by Crippen LogP contribution is 2.67. The van der Waals surface area contributed by atoms with Gasteiger partial charge in [0.05, 0.1) is 0 Å². The highest BCUT2D eigenvalue weighted by molar-refractivity contribution is 6.30. The Hall–Kier alpha value is -0.760. The van der Waals surface area contributed by atoms with Crippen LogP contribution in [0.15, 0.2) is 22.8 Å². The fraction of sp³-hybridized carbons (Fsp3) is 0.839. The Morgan fingerprint density at radius 1 is 1.12 bits per heavy atom. The molecule has 192 valence electrons. The predicted molar refractivity (Wildman–Crippen MR) is 143 cm³/mol. The molecular weight excluding hydrogens is 440 g/mol. The number of rotatable bonds is 7. The van der Waals surface area contributed by atoms with Crippen LogP contribution in [0.4, 0.5) is 0 Å². The Morgan fingerprint density at radius 3 is 2.59 bits per heavy atom. The van der Waals surface area contributed by atoms with Gasteiger partial charge in [-0.05, 0) is 98.2 Å². The van der Waals surface area contributed by atoms with Gasteiger partial charge in [-0.25, -0.2) is 4.79 Å². The van der Waals surface area contributed by atoms with Gasteiger partial charge in [-0.1, -0.05) is 77.1 Å². The number of allylic oxidation sites excluding steroid dienone is 2. The number of carbonyl (C=O) groups excluding carboxylic acids is 1. The van der Waals surface area contributed by atoms with E-state index in [-0.39, 0.29) is 12.1 Å². The Kier molecular flexibility index (Phi) is 7.98. The van der Waals surface area contributed by atoms with Crippen LogP contribution in [0.3, 0.4) is 0 Å². The summed E-state index contributed by atoms with van der Waals surface area (Å²) in [5.74, 6) is 4.87. The van der Waals surface area contributed by atoms with Crippen molar-refractivity contribution >= 4 is 17.6 Å². The zero-order valence-corrected chi connectivity index (χ0v) is 23.4. The lowest BCUT2D eigenvalue weighted by Crippen LogP contribution is -2.51. The number of hydrogen-bond donors (Lipinski definition) is 0. The maximum Gasteiger partial charge on any atom is 0.332 e. The van der Waals surface area contributed by atoms with E-state index in [2.05, 4.69) is 40.7 Å². The fourth-order valence-corrected chi connectivity index (χ4v) is 9.20. The van der Waals surface area contributed by atoms with Crippen molar-refractivity contribution in [3.05, 3.63) is 22.8 Å². The molecule has 0 amide bonds. The van der Waals surface area contributed by atoms with E-state index in [1.807, 2.05) is 0 Å². The minimum absolute atomic E-state index is 0.00653. The lowest BCUT2D eigenvalue weighted by atomic mass is 9.47. The number of hydrogen-bond acceptors (Lipinski definition) is 2. The van der Waals surface area contributed by atoms with Crippen LogP contribution in [0.1, 0.15) is 112 Å². The highest BCUT2D eigenvalue weighted by Gasteiger charge is 2.59. The van der Waals surface area contributed by atoms with E-state index in [0.717, 1.165) is 54.8 Å². The number of ether oxygens (including phenoxy) is 1. The quantitative estimate of drug-likeness (QED) is 0.203. The molecule has 4 rings (SSSR count). The van der Waals surface area contributed by atoms with Crippen LogP contribution in [0.25, 0.3) is 0 Å². The predicted octanol–water partition coefficient (Wildman–Crippen LogP) is 9.08. The summed E-state index contributed by atoms with van der Waals surface area (Å²) in [4.78, 5) is 12.1. The molecule has 0 aliphatic heterocycles. The first kappa shape index (κ1) is 26.3. The summed E-state index contributed by atoms with van der Waals surface area (Å²) in [6, 6.07) is 0. The molecule has 0 aromatic rings. The first-order chi connectivity index (χ1) is 16.0. The summed E-state index contributed by atoms with van der Waals surface area (Å²) >= 11 is 5.87. The van der Waals surface area contributed by atoms with Crippen molar-refractivity contribution in [1.82, 2.24) is 0 Å². The standard InChI is InChI=1S/C31H49ClO2/c1-20(2)8-7-9-21(3)26-12-13-27-25-11-10-23-19-24(34-29(33)18-22(4)32)14-16-30(23,5)28(25)15-17-31(26,27)6/h10,18,20-21,24-28H,7-9,11-17,19H2,1-6H3/b22-18+/t21-,24+,25+,26-,27-,28+,30+,31-/m1/s1. The Labute approximate surface area is 214 Å². The van der Waals surface area contributed by atoms with Crippen molar-refractivity contribution in [2.45, 2.75) is 118 Å². The van der Waals surface area contributed by atoms with E-state index in [1.54, 1.807) is 12.5 Å². The molecule has 4 aliphatic carbocycles. The van der Waals surface area contributed by atoms with Gasteiger partial charge in [0.15, 0.2) is 0 Å². The second kappa shape index (κ2) is 10.3. The number of fused-ring (bicyclic) bond motifs is 5. The van der Waals surface area contributed by atoms with Crippen molar-refractivity contribution < 1.29 is 9.53 Å². The second-order valence-corrected chi connectivity index (χ2v) is 13.9. The number of halogens is 1. The third-order valence-corrected chi connectivity index (χ3v) is 11.0. The second-order valence-electron chi connectivity index (χ2n) is 13.3. The zero-order chi connectivity index (χ0) is 24.7. The number of esters is 1. The minimum Gasteiger partial charge on any atom is -0.459 e. The zero-order valence-electron chi connectivity index (χ0n) is 22.7. The molecule has 3 fully saturated rings. The van der Waals surface area contributed by atoms with Crippen molar-refractivity contribution in [1.29, 1.82) is 0 Å². The molecule has 0 unspecified atom stereocenters. The average Bonchev–Trinajstić information content (AvgIpc) is 3.10. The summed E-state index contributed by atoms with van der Waals surface area (Å²) in [6.45, 7) is 14.2. The van der Waals surface area contributed by atoms with E-state index in [0.29, 0.717) is 15.9 Å². The fourth-order valence-electron chi connectivity index (χ4n) is 9.11. The van der Waals surface area contributed by atoms with Crippen LogP contribution in [0.2, 0.25) is 0 Å². The van der Waals surface area contributed by atoms with Crippen LogP contribution in [-0.4, -0.2) is 12.1 Å². The maximum atomic E-state index is 12.1. The smallest absolute Gasteiger partial charge is 0.332 e. The summed E-state index contributed by atoms with van der Waals surface area (Å²) in [7, 11) is 0. The summed E-state index contributed by atoms with van der Waals surface area (Å²) < 4.78 is 5.76. The van der Waals surface area contributed by atoms with Crippen LogP contribution < -0.4 is 0 Å². The molecule has 0 saturated heterocycles. The first-order valence-corrected chi connectivity index (χ1v) is 14.7. The Bertz CT molecular complexity index is 808. The Balaban J connectivity index is 1.44. The molecule has 0 N–H and O–H groups in total. The molecule has 3 saturated carbocycles. The molecule has 2 nitrogen and oxygen atoms in total. The van der Waals surface area contributed by atoms with Gasteiger partial charge in [0.2, 0.25) is 0 Å². The van der Waals surface area contributed by atoms with Gasteiger partial charge in [-0.15, -0.1) is 0 Å². The normalized spacial score (nSPS) is 40.8. The van der Waals surface area contributed by atoms with E-state index >= 15 is 0 Å². The molecule has 0 heterocycles. The van der Waals surface area contributed by atoms with Crippen LogP contribution in [-0.2, 0) is 9.53 Å². The topological polar surface area (TPSA) is 26.3 Å². The highest BCUT2D eigenvalue weighted by atomic mass is 35.5. The molecule has 0 radical (unpaired) electrons. The van der Waals surface area contributed by atoms with E-state index in [4.69, 9.17) is 16.3 Å². The summed E-state index contributed by atoms with van der Waals surface area (Å²) in [5.41, 5.74) is 2.41. The van der Waals surface area contributed by atoms with Gasteiger partial charge in [0.1, 0.15) is 6.10 Å². The van der Waals surface area contributed by atoms with Gasteiger partial charge < -0.3 is 4.74 Å². The van der Waals surface area contributed by atoms with Crippen molar-refractivity contribution in [2.24, 2.45) is 46.3 Å². The molecule has 3 heteroatoms. The summed E-state index contributed by atoms with van der Waals surface area (Å²) in [6.07, 6.45) is 18.2. The molecule has 0 spiro atoms. The molecule has 0 aromatic carbocycles. The van der Waals surface area contributed by atoms with Crippen molar-refractivity contribution in [3.63, 3.8) is 0 Å². The molecular formula is C31H49ClO2.